The van der Waals surface area contributed by atoms with Gasteiger partial charge in [-0.25, -0.2) is 0 Å². The van der Waals surface area contributed by atoms with E-state index in [-0.39, 0.29) is 11.4 Å². The lowest BCUT2D eigenvalue weighted by atomic mass is 10.1. The standard InChI is InChI=1S/C12H16N2O4/c1-6-3-7(2)11(17)9(4-6)14-12(18)8(13)5-10(15)16/h3-4,8,17H,5,13H2,1-2H3,(H,14,18)(H,15,16). The number of aryl methyl sites for hydroxylation is 2. The van der Waals surface area contributed by atoms with Gasteiger partial charge in [0.2, 0.25) is 5.91 Å². The first-order chi connectivity index (χ1) is 8.31. The third-order valence-electron chi connectivity index (χ3n) is 2.43. The molecular formula is C12H16N2O4. The molecule has 5 N–H and O–H groups in total. The van der Waals surface area contributed by atoms with E-state index in [1.165, 1.54) is 0 Å². The van der Waals surface area contributed by atoms with E-state index in [1.54, 1.807) is 19.1 Å². The Hall–Kier alpha value is -2.08. The van der Waals surface area contributed by atoms with Gasteiger partial charge in [0, 0.05) is 0 Å². The van der Waals surface area contributed by atoms with Gasteiger partial charge in [-0.3, -0.25) is 9.59 Å². The maximum absolute atomic E-state index is 11.6. The number of hydrogen-bond acceptors (Lipinski definition) is 4. The summed E-state index contributed by atoms with van der Waals surface area (Å²) in [6.07, 6.45) is -0.461. The van der Waals surface area contributed by atoms with Crippen LogP contribution in [0.2, 0.25) is 0 Å². The number of anilines is 1. The molecule has 0 aliphatic heterocycles. The molecule has 6 nitrogen and oxygen atoms in total. The summed E-state index contributed by atoms with van der Waals surface area (Å²) >= 11 is 0. The zero-order chi connectivity index (χ0) is 13.9. The van der Waals surface area contributed by atoms with Gasteiger partial charge in [-0.2, -0.15) is 0 Å². The summed E-state index contributed by atoms with van der Waals surface area (Å²) in [6.45, 7) is 3.52. The number of nitrogens with two attached hydrogens (primary N) is 1. The smallest absolute Gasteiger partial charge is 0.305 e. The highest BCUT2D eigenvalue weighted by molar-refractivity contribution is 5.97. The Morgan fingerprint density at radius 3 is 2.56 bits per heavy atom. The normalized spacial score (nSPS) is 11.9. The molecule has 0 aromatic heterocycles. The fraction of sp³-hybridized carbons (Fsp3) is 0.333. The van der Waals surface area contributed by atoms with Gasteiger partial charge in [0.05, 0.1) is 18.2 Å². The van der Waals surface area contributed by atoms with Crippen LogP contribution < -0.4 is 11.1 Å². The van der Waals surface area contributed by atoms with Crippen LogP contribution in [0.15, 0.2) is 12.1 Å². The zero-order valence-electron chi connectivity index (χ0n) is 10.2. The van der Waals surface area contributed by atoms with Crippen molar-refractivity contribution in [2.75, 3.05) is 5.32 Å². The molecule has 0 spiro atoms. The van der Waals surface area contributed by atoms with Gasteiger partial charge in [0.1, 0.15) is 5.75 Å². The second-order valence-electron chi connectivity index (χ2n) is 4.17. The van der Waals surface area contributed by atoms with Crippen molar-refractivity contribution in [2.24, 2.45) is 5.73 Å². The molecule has 0 aliphatic carbocycles. The Morgan fingerprint density at radius 2 is 2.00 bits per heavy atom. The molecule has 1 rings (SSSR count). The van der Waals surface area contributed by atoms with Gasteiger partial charge in [-0.15, -0.1) is 0 Å². The number of aromatic hydroxyl groups is 1. The molecule has 1 amide bonds. The molecule has 18 heavy (non-hydrogen) atoms. The molecule has 0 saturated carbocycles. The summed E-state index contributed by atoms with van der Waals surface area (Å²) in [4.78, 5) is 22.0. The Bertz CT molecular complexity index is 485. The topological polar surface area (TPSA) is 113 Å². The first-order valence-corrected chi connectivity index (χ1v) is 5.39. The highest BCUT2D eigenvalue weighted by atomic mass is 16.4. The van der Waals surface area contributed by atoms with Crippen LogP contribution in [0, 0.1) is 13.8 Å². The zero-order valence-corrected chi connectivity index (χ0v) is 10.2. The minimum atomic E-state index is -1.15. The molecule has 0 saturated heterocycles. The molecule has 0 radical (unpaired) electrons. The number of phenols is 1. The third kappa shape index (κ3) is 3.46. The average molecular weight is 252 g/mol. The van der Waals surface area contributed by atoms with Gasteiger partial charge in [-0.1, -0.05) is 6.07 Å². The van der Waals surface area contributed by atoms with E-state index in [9.17, 15) is 14.7 Å². The van der Waals surface area contributed by atoms with Crippen molar-refractivity contribution < 1.29 is 19.8 Å². The third-order valence-corrected chi connectivity index (χ3v) is 2.43. The van der Waals surface area contributed by atoms with E-state index in [4.69, 9.17) is 10.8 Å². The number of amides is 1. The van der Waals surface area contributed by atoms with Crippen LogP contribution in [0.4, 0.5) is 5.69 Å². The quantitative estimate of drug-likeness (QED) is 0.591. The van der Waals surface area contributed by atoms with Crippen LogP contribution in [0.1, 0.15) is 17.5 Å². The Balaban J connectivity index is 2.85. The first kappa shape index (κ1) is 14.0. The van der Waals surface area contributed by atoms with Gasteiger partial charge >= 0.3 is 5.97 Å². The molecular weight excluding hydrogens is 236 g/mol. The summed E-state index contributed by atoms with van der Waals surface area (Å²) in [6, 6.07) is 2.21. The number of carbonyl (C=O) groups excluding carboxylic acids is 1. The fourth-order valence-electron chi connectivity index (χ4n) is 1.56. The monoisotopic (exact) mass is 252 g/mol. The Kier molecular flexibility index (Phi) is 4.28. The van der Waals surface area contributed by atoms with Gasteiger partial charge in [0.15, 0.2) is 0 Å². The molecule has 1 aromatic rings. The van der Waals surface area contributed by atoms with Crippen molar-refractivity contribution in [3.63, 3.8) is 0 Å². The first-order valence-electron chi connectivity index (χ1n) is 5.39. The fourth-order valence-corrected chi connectivity index (χ4v) is 1.56. The SMILES string of the molecule is Cc1cc(C)c(O)c(NC(=O)C(N)CC(=O)O)c1. The molecule has 6 heteroatoms. The lowest BCUT2D eigenvalue weighted by Gasteiger charge is -2.13. The molecule has 0 fully saturated rings. The molecule has 0 aliphatic rings. The number of rotatable bonds is 4. The van der Waals surface area contributed by atoms with E-state index in [1.807, 2.05) is 6.92 Å². The predicted octanol–water partition coefficient (Wildman–Crippen LogP) is 0.750. The van der Waals surface area contributed by atoms with E-state index in [0.717, 1.165) is 5.56 Å². The number of aliphatic carboxylic acids is 1. The molecule has 0 bridgehead atoms. The number of carbonyl (C=O) groups is 2. The van der Waals surface area contributed by atoms with Crippen LogP contribution >= 0.6 is 0 Å². The minimum Gasteiger partial charge on any atom is -0.505 e. The van der Waals surface area contributed by atoms with Crippen molar-refractivity contribution >= 4 is 17.6 Å². The van der Waals surface area contributed by atoms with Crippen molar-refractivity contribution in [1.82, 2.24) is 0 Å². The second-order valence-corrected chi connectivity index (χ2v) is 4.17. The molecule has 1 atom stereocenters. The summed E-state index contributed by atoms with van der Waals surface area (Å²) < 4.78 is 0. The molecule has 1 unspecified atom stereocenters. The summed E-state index contributed by atoms with van der Waals surface area (Å²) in [7, 11) is 0. The van der Waals surface area contributed by atoms with Crippen molar-refractivity contribution in [3.05, 3.63) is 23.3 Å². The van der Waals surface area contributed by atoms with Crippen LogP contribution in [-0.4, -0.2) is 28.1 Å². The summed E-state index contributed by atoms with van der Waals surface area (Å²) in [5.74, 6) is -1.84. The van der Waals surface area contributed by atoms with Crippen molar-refractivity contribution in [3.8, 4) is 5.75 Å². The second kappa shape index (κ2) is 5.50. The Morgan fingerprint density at radius 1 is 1.39 bits per heavy atom. The van der Waals surface area contributed by atoms with Crippen molar-refractivity contribution in [1.29, 1.82) is 0 Å². The highest BCUT2D eigenvalue weighted by Crippen LogP contribution is 2.28. The maximum atomic E-state index is 11.6. The molecule has 0 heterocycles. The van der Waals surface area contributed by atoms with Crippen LogP contribution in [0.25, 0.3) is 0 Å². The predicted molar refractivity (Wildman–Crippen MR) is 66.4 cm³/mol. The number of carboxylic acid groups (broad SMARTS) is 1. The number of phenolic OH excluding ortho intramolecular Hbond substituents is 1. The summed E-state index contributed by atoms with van der Waals surface area (Å²) in [5, 5.41) is 20.7. The highest BCUT2D eigenvalue weighted by Gasteiger charge is 2.18. The van der Waals surface area contributed by atoms with Crippen LogP contribution in [0.5, 0.6) is 5.75 Å². The van der Waals surface area contributed by atoms with E-state index < -0.39 is 24.3 Å². The Labute approximate surface area is 104 Å². The number of hydrogen-bond donors (Lipinski definition) is 4. The number of benzene rings is 1. The largest absolute Gasteiger partial charge is 0.505 e. The number of nitrogens with one attached hydrogen (secondary N) is 1. The summed E-state index contributed by atoms with van der Waals surface area (Å²) in [5.41, 5.74) is 7.14. The minimum absolute atomic E-state index is 0.0449. The lowest BCUT2D eigenvalue weighted by molar-refractivity contribution is -0.138. The van der Waals surface area contributed by atoms with Crippen LogP contribution in [-0.2, 0) is 9.59 Å². The van der Waals surface area contributed by atoms with Crippen molar-refractivity contribution in [2.45, 2.75) is 26.3 Å². The van der Waals surface area contributed by atoms with Gasteiger partial charge < -0.3 is 21.3 Å². The van der Waals surface area contributed by atoms with E-state index in [2.05, 4.69) is 5.32 Å². The molecule has 1 aromatic carbocycles. The molecule has 98 valence electrons. The van der Waals surface area contributed by atoms with E-state index in [0.29, 0.717) is 5.56 Å². The van der Waals surface area contributed by atoms with Gasteiger partial charge in [-0.05, 0) is 31.0 Å². The van der Waals surface area contributed by atoms with Gasteiger partial charge in [0.25, 0.3) is 0 Å². The maximum Gasteiger partial charge on any atom is 0.305 e. The van der Waals surface area contributed by atoms with Crippen LogP contribution in [0.3, 0.4) is 0 Å². The lowest BCUT2D eigenvalue weighted by Crippen LogP contribution is -2.37. The number of carboxylic acids is 1. The average Bonchev–Trinajstić information content (AvgIpc) is 2.24. The van der Waals surface area contributed by atoms with E-state index >= 15 is 0 Å².